The van der Waals surface area contributed by atoms with Gasteiger partial charge in [0.2, 0.25) is 0 Å². The largest absolute Gasteiger partial charge is 0.507 e. The Morgan fingerprint density at radius 1 is 1.00 bits per heavy atom. The Labute approximate surface area is 192 Å². The van der Waals surface area contributed by atoms with Crippen LogP contribution in [-0.4, -0.2) is 31.3 Å². The number of benzene rings is 3. The van der Waals surface area contributed by atoms with E-state index < -0.39 is 11.9 Å². The van der Waals surface area contributed by atoms with Crippen molar-refractivity contribution in [1.29, 1.82) is 0 Å². The van der Waals surface area contributed by atoms with Crippen molar-refractivity contribution in [3.8, 4) is 16.9 Å². The molecule has 31 heavy (non-hydrogen) atoms. The molecule has 0 aliphatic heterocycles. The Balaban J connectivity index is 2.32. The third-order valence-corrected chi connectivity index (χ3v) is 5.73. The van der Waals surface area contributed by atoms with Crippen LogP contribution in [0.5, 0.6) is 5.75 Å². The fraction of sp³-hybridized carbons (Fsp3) is 0.0909. The smallest absolute Gasteiger partial charge is 0.354 e. The number of anilines is 1. The minimum atomic E-state index is -0.847. The molecule has 0 amide bonds. The van der Waals surface area contributed by atoms with Crippen molar-refractivity contribution in [3.05, 3.63) is 69.3 Å². The number of methoxy groups -OCH3 is 2. The number of hydrogen-bond donors (Lipinski definition) is 2. The highest BCUT2D eigenvalue weighted by atomic mass is 35.5. The number of nitrogens with one attached hydrogen (secondary N) is 1. The van der Waals surface area contributed by atoms with Gasteiger partial charge in [0.15, 0.2) is 0 Å². The van der Waals surface area contributed by atoms with E-state index >= 15 is 0 Å². The summed E-state index contributed by atoms with van der Waals surface area (Å²) in [6.45, 7) is 0. The van der Waals surface area contributed by atoms with E-state index in [1.165, 1.54) is 19.2 Å². The van der Waals surface area contributed by atoms with E-state index in [9.17, 15) is 14.7 Å². The molecule has 9 heteroatoms. The van der Waals surface area contributed by atoms with Crippen LogP contribution < -0.4 is 5.32 Å². The van der Waals surface area contributed by atoms with Crippen LogP contribution in [0.15, 0.2) is 54.2 Å². The molecule has 0 saturated carbocycles. The van der Waals surface area contributed by atoms with Crippen LogP contribution in [0.2, 0.25) is 15.1 Å². The summed E-state index contributed by atoms with van der Waals surface area (Å²) in [7, 11) is 2.32. The maximum atomic E-state index is 12.2. The SMILES string of the molecule is COC(=O)/C=C(/Nc1c(-c2c(O)ccc3ccccc23)cc(Cl)c(Cl)c1Cl)C(=O)OC. The molecule has 2 N–H and O–H groups in total. The van der Waals surface area contributed by atoms with Gasteiger partial charge in [-0.25, -0.2) is 9.59 Å². The summed E-state index contributed by atoms with van der Waals surface area (Å²) in [6, 6.07) is 12.2. The fourth-order valence-electron chi connectivity index (χ4n) is 3.02. The molecule has 0 radical (unpaired) electrons. The summed E-state index contributed by atoms with van der Waals surface area (Å²) in [6.07, 6.45) is 0.914. The van der Waals surface area contributed by atoms with Crippen molar-refractivity contribution in [2.24, 2.45) is 0 Å². The summed E-state index contributed by atoms with van der Waals surface area (Å²) < 4.78 is 9.33. The number of halogens is 3. The molecule has 0 atom stereocenters. The van der Waals surface area contributed by atoms with E-state index in [1.54, 1.807) is 6.07 Å². The number of hydrogen-bond acceptors (Lipinski definition) is 6. The number of carbonyl (C=O) groups excluding carboxylic acids is 2. The van der Waals surface area contributed by atoms with Gasteiger partial charge in [-0.1, -0.05) is 65.1 Å². The third-order valence-electron chi connectivity index (χ3n) is 4.47. The predicted molar refractivity (Wildman–Crippen MR) is 122 cm³/mol. The van der Waals surface area contributed by atoms with Gasteiger partial charge in [-0.15, -0.1) is 0 Å². The van der Waals surface area contributed by atoms with Gasteiger partial charge >= 0.3 is 11.9 Å². The van der Waals surface area contributed by atoms with Gasteiger partial charge in [0.25, 0.3) is 0 Å². The topological polar surface area (TPSA) is 84.9 Å². The van der Waals surface area contributed by atoms with E-state index in [1.807, 2.05) is 24.3 Å². The zero-order valence-corrected chi connectivity index (χ0v) is 18.6. The number of phenolic OH excluding ortho intramolecular Hbond substituents is 1. The van der Waals surface area contributed by atoms with Crippen LogP contribution >= 0.6 is 34.8 Å². The Morgan fingerprint density at radius 3 is 2.39 bits per heavy atom. The van der Waals surface area contributed by atoms with Gasteiger partial charge in [0.05, 0.1) is 41.1 Å². The monoisotopic (exact) mass is 479 g/mol. The van der Waals surface area contributed by atoms with Crippen molar-refractivity contribution in [2.75, 3.05) is 19.5 Å². The van der Waals surface area contributed by atoms with Gasteiger partial charge in [0.1, 0.15) is 11.4 Å². The van der Waals surface area contributed by atoms with E-state index in [2.05, 4.69) is 10.1 Å². The summed E-state index contributed by atoms with van der Waals surface area (Å²) in [5.74, 6) is -1.69. The lowest BCUT2D eigenvalue weighted by atomic mass is 9.95. The number of fused-ring (bicyclic) bond motifs is 1. The highest BCUT2D eigenvalue weighted by Crippen LogP contribution is 2.47. The molecule has 0 aromatic heterocycles. The minimum Gasteiger partial charge on any atom is -0.507 e. The van der Waals surface area contributed by atoms with Crippen molar-refractivity contribution in [2.45, 2.75) is 0 Å². The van der Waals surface area contributed by atoms with Crippen molar-refractivity contribution < 1.29 is 24.2 Å². The van der Waals surface area contributed by atoms with Crippen LogP contribution in [0.3, 0.4) is 0 Å². The lowest BCUT2D eigenvalue weighted by Crippen LogP contribution is -2.16. The number of esters is 2. The van der Waals surface area contributed by atoms with E-state index in [4.69, 9.17) is 39.5 Å². The molecule has 0 heterocycles. The summed E-state index contributed by atoms with van der Waals surface area (Å²) in [5.41, 5.74) is 0.649. The third kappa shape index (κ3) is 4.56. The van der Waals surface area contributed by atoms with Crippen LogP contribution in [0.1, 0.15) is 0 Å². The second kappa shape index (κ2) is 9.47. The maximum absolute atomic E-state index is 12.2. The van der Waals surface area contributed by atoms with Crippen molar-refractivity contribution in [3.63, 3.8) is 0 Å². The lowest BCUT2D eigenvalue weighted by molar-refractivity contribution is -0.138. The number of phenols is 1. The molecule has 160 valence electrons. The van der Waals surface area contributed by atoms with E-state index in [0.29, 0.717) is 16.5 Å². The molecular formula is C22H16Cl3NO5. The Bertz CT molecular complexity index is 1220. The lowest BCUT2D eigenvalue weighted by Gasteiger charge is -2.19. The van der Waals surface area contributed by atoms with Crippen LogP contribution in [0.25, 0.3) is 21.9 Å². The average molecular weight is 481 g/mol. The van der Waals surface area contributed by atoms with Crippen LogP contribution in [0.4, 0.5) is 5.69 Å². The van der Waals surface area contributed by atoms with Crippen LogP contribution in [-0.2, 0) is 19.1 Å². The summed E-state index contributed by atoms with van der Waals surface area (Å²) >= 11 is 19.0. The molecule has 3 aromatic rings. The Morgan fingerprint density at radius 2 is 1.71 bits per heavy atom. The zero-order valence-electron chi connectivity index (χ0n) is 16.3. The first kappa shape index (κ1) is 22.7. The molecule has 0 aliphatic carbocycles. The Hall–Kier alpha value is -2.93. The minimum absolute atomic E-state index is 0.0174. The highest BCUT2D eigenvalue weighted by Gasteiger charge is 2.23. The van der Waals surface area contributed by atoms with Crippen LogP contribution in [0, 0.1) is 0 Å². The zero-order chi connectivity index (χ0) is 22.7. The highest BCUT2D eigenvalue weighted by molar-refractivity contribution is 6.50. The maximum Gasteiger partial charge on any atom is 0.354 e. The predicted octanol–water partition coefficient (Wildman–Crippen LogP) is 5.81. The average Bonchev–Trinajstić information content (AvgIpc) is 2.78. The molecule has 6 nitrogen and oxygen atoms in total. The number of rotatable bonds is 5. The normalized spacial score (nSPS) is 11.3. The van der Waals surface area contributed by atoms with Gasteiger partial charge in [-0.2, -0.15) is 0 Å². The molecule has 0 saturated heterocycles. The van der Waals surface area contributed by atoms with Gasteiger partial charge in [0, 0.05) is 11.1 Å². The van der Waals surface area contributed by atoms with Gasteiger partial charge in [-0.3, -0.25) is 0 Å². The quantitative estimate of drug-likeness (QED) is 0.272. The summed E-state index contributed by atoms with van der Waals surface area (Å²) in [4.78, 5) is 24.0. The molecule has 0 fully saturated rings. The molecule has 0 unspecified atom stereocenters. The molecule has 0 bridgehead atoms. The Kier molecular flexibility index (Phi) is 6.95. The molecule has 0 spiro atoms. The first-order valence-corrected chi connectivity index (χ1v) is 9.95. The van der Waals surface area contributed by atoms with E-state index in [-0.39, 0.29) is 32.2 Å². The van der Waals surface area contributed by atoms with Gasteiger partial charge in [-0.05, 0) is 22.9 Å². The standard InChI is InChI=1S/C22H16Cl3NO5/c1-30-17(28)10-15(22(29)31-2)26-21-13(9-14(23)19(24)20(21)25)18-12-6-4-3-5-11(12)7-8-16(18)27/h3-10,26-27H,1-2H3/b15-10+. The summed E-state index contributed by atoms with van der Waals surface area (Å²) in [5, 5.41) is 15.2. The molecule has 3 aromatic carbocycles. The van der Waals surface area contributed by atoms with Gasteiger partial charge < -0.3 is 19.9 Å². The van der Waals surface area contributed by atoms with E-state index in [0.717, 1.165) is 18.6 Å². The first-order valence-electron chi connectivity index (χ1n) is 8.82. The number of aromatic hydroxyl groups is 1. The molecule has 3 rings (SSSR count). The fourth-order valence-corrected chi connectivity index (χ4v) is 3.68. The molecular weight excluding hydrogens is 465 g/mol. The van der Waals surface area contributed by atoms with Crippen molar-refractivity contribution in [1.82, 2.24) is 0 Å². The van der Waals surface area contributed by atoms with Crippen molar-refractivity contribution >= 4 is 63.2 Å². The molecule has 0 aliphatic rings. The number of carbonyl (C=O) groups is 2. The second-order valence-corrected chi connectivity index (χ2v) is 7.45. The number of ether oxygens (including phenoxy) is 2. The first-order chi connectivity index (χ1) is 14.8. The second-order valence-electron chi connectivity index (χ2n) is 6.29.